The van der Waals surface area contributed by atoms with Crippen LogP contribution in [-0.4, -0.2) is 22.3 Å². The number of rotatable bonds is 8. The number of ether oxygens (including phenoxy) is 1. The molecule has 0 saturated carbocycles. The van der Waals surface area contributed by atoms with Crippen molar-refractivity contribution in [1.82, 2.24) is 14.9 Å². The minimum Gasteiger partial charge on any atom is -0.450 e. The van der Waals surface area contributed by atoms with Crippen molar-refractivity contribution in [3.8, 4) is 11.1 Å². The quantitative estimate of drug-likeness (QED) is 0.269. The second kappa shape index (κ2) is 10.2. The smallest absolute Gasteiger partial charge is 0.407 e. The van der Waals surface area contributed by atoms with Gasteiger partial charge in [-0.25, -0.2) is 9.78 Å². The first kappa shape index (κ1) is 21.7. The zero-order valence-electron chi connectivity index (χ0n) is 17.6. The Morgan fingerprint density at radius 1 is 1.03 bits per heavy atom. The summed E-state index contributed by atoms with van der Waals surface area (Å²) in [6.07, 6.45) is 2.92. The molecule has 3 aromatic carbocycles. The molecule has 1 heterocycles. The number of aryl methyl sites for hydroxylation is 1. The molecule has 6 nitrogen and oxygen atoms in total. The number of amides is 1. The van der Waals surface area contributed by atoms with Crippen molar-refractivity contribution in [2.45, 2.75) is 25.9 Å². The second-order valence-corrected chi connectivity index (χ2v) is 8.00. The number of hydrogen-bond donors (Lipinski definition) is 2. The first-order chi connectivity index (χ1) is 15.6. The second-order valence-electron chi connectivity index (χ2n) is 7.56. The number of unbranched alkanes of at least 4 members (excludes halogenated alkanes) is 1. The van der Waals surface area contributed by atoms with Crippen LogP contribution >= 0.6 is 11.6 Å². The summed E-state index contributed by atoms with van der Waals surface area (Å²) < 4.78 is 7.32. The van der Waals surface area contributed by atoms with Gasteiger partial charge in [-0.3, -0.25) is 0 Å². The largest absolute Gasteiger partial charge is 0.450 e. The Balaban J connectivity index is 1.20. The lowest BCUT2D eigenvalue weighted by atomic mass is 10.0. The molecule has 1 amide bonds. The van der Waals surface area contributed by atoms with E-state index < -0.39 is 6.09 Å². The predicted molar refractivity (Wildman–Crippen MR) is 128 cm³/mol. The standard InChI is InChI=1S/C25H25ClN4O2/c26-21-14-22(27)24-23(15-21)30(17-29-24)11-4-5-12-32-25(31)28-16-18-7-6-10-20(13-18)19-8-2-1-3-9-19/h1-3,6-10,13-15,17H,4-5,11-12,16,27H2,(H,28,31). The Morgan fingerprint density at radius 3 is 2.69 bits per heavy atom. The molecule has 0 aliphatic rings. The number of carbonyl (C=O) groups excluding carboxylic acids is 1. The molecule has 3 N–H and O–H groups in total. The van der Waals surface area contributed by atoms with Crippen molar-refractivity contribution in [2.75, 3.05) is 12.3 Å². The summed E-state index contributed by atoms with van der Waals surface area (Å²) >= 11 is 6.10. The van der Waals surface area contributed by atoms with Crippen LogP contribution in [0.1, 0.15) is 18.4 Å². The van der Waals surface area contributed by atoms with E-state index in [-0.39, 0.29) is 0 Å². The minimum atomic E-state index is -0.414. The monoisotopic (exact) mass is 448 g/mol. The van der Waals surface area contributed by atoms with Crippen LogP contribution < -0.4 is 11.1 Å². The number of carbonyl (C=O) groups is 1. The van der Waals surface area contributed by atoms with Gasteiger partial charge in [-0.1, -0.05) is 60.1 Å². The van der Waals surface area contributed by atoms with E-state index in [4.69, 9.17) is 22.1 Å². The van der Waals surface area contributed by atoms with Crippen LogP contribution in [0.5, 0.6) is 0 Å². The Kier molecular flexibility index (Phi) is 6.92. The molecule has 0 spiro atoms. The van der Waals surface area contributed by atoms with E-state index in [1.54, 1.807) is 12.4 Å². The summed E-state index contributed by atoms with van der Waals surface area (Å²) in [4.78, 5) is 16.4. The maximum Gasteiger partial charge on any atom is 0.407 e. The molecule has 1 aromatic heterocycles. The van der Waals surface area contributed by atoms with Gasteiger partial charge < -0.3 is 20.4 Å². The molecule has 0 aliphatic heterocycles. The summed E-state index contributed by atoms with van der Waals surface area (Å²) in [5.74, 6) is 0. The zero-order valence-corrected chi connectivity index (χ0v) is 18.4. The number of alkyl carbamates (subject to hydrolysis) is 1. The van der Waals surface area contributed by atoms with Crippen LogP contribution in [0.25, 0.3) is 22.2 Å². The zero-order chi connectivity index (χ0) is 22.3. The first-order valence-corrected chi connectivity index (χ1v) is 10.9. The highest BCUT2D eigenvalue weighted by Crippen LogP contribution is 2.25. The number of aromatic nitrogens is 2. The first-order valence-electron chi connectivity index (χ1n) is 10.5. The Morgan fingerprint density at radius 2 is 1.84 bits per heavy atom. The van der Waals surface area contributed by atoms with Crippen molar-refractivity contribution in [3.63, 3.8) is 0 Å². The fourth-order valence-electron chi connectivity index (χ4n) is 3.60. The fourth-order valence-corrected chi connectivity index (χ4v) is 3.82. The highest BCUT2D eigenvalue weighted by molar-refractivity contribution is 6.31. The minimum absolute atomic E-state index is 0.353. The molecule has 7 heteroatoms. The summed E-state index contributed by atoms with van der Waals surface area (Å²) in [6.45, 7) is 1.52. The lowest BCUT2D eigenvalue weighted by Gasteiger charge is -2.09. The van der Waals surface area contributed by atoms with Gasteiger partial charge in [0.1, 0.15) is 5.52 Å². The Labute approximate surface area is 192 Å². The lowest BCUT2D eigenvalue weighted by molar-refractivity contribution is 0.143. The summed E-state index contributed by atoms with van der Waals surface area (Å²) in [5.41, 5.74) is 11.5. The molecule has 0 radical (unpaired) electrons. The van der Waals surface area contributed by atoms with Crippen molar-refractivity contribution in [2.24, 2.45) is 0 Å². The van der Waals surface area contributed by atoms with Crippen LogP contribution in [-0.2, 0) is 17.8 Å². The van der Waals surface area contributed by atoms with E-state index >= 15 is 0 Å². The van der Waals surface area contributed by atoms with Crippen LogP contribution in [0.3, 0.4) is 0 Å². The number of nitrogens with one attached hydrogen (secondary N) is 1. The van der Waals surface area contributed by atoms with Crippen molar-refractivity contribution < 1.29 is 9.53 Å². The number of halogens is 1. The van der Waals surface area contributed by atoms with Crippen molar-refractivity contribution in [1.29, 1.82) is 0 Å². The van der Waals surface area contributed by atoms with Crippen molar-refractivity contribution >= 4 is 34.4 Å². The van der Waals surface area contributed by atoms with Gasteiger partial charge >= 0.3 is 6.09 Å². The molecule has 0 aliphatic carbocycles. The topological polar surface area (TPSA) is 82.2 Å². The van der Waals surface area contributed by atoms with Gasteiger partial charge in [0.2, 0.25) is 0 Å². The van der Waals surface area contributed by atoms with Crippen molar-refractivity contribution in [3.05, 3.63) is 83.6 Å². The number of nitrogens with zero attached hydrogens (tertiary/aromatic N) is 2. The van der Waals surface area contributed by atoms with Gasteiger partial charge in [-0.2, -0.15) is 0 Å². The molecule has 4 rings (SSSR count). The van der Waals surface area contributed by atoms with E-state index in [1.165, 1.54) is 0 Å². The van der Waals surface area contributed by atoms with Gasteiger partial charge in [0.05, 0.1) is 24.1 Å². The number of nitrogens with two attached hydrogens (primary N) is 1. The molecule has 4 aromatic rings. The number of benzene rings is 3. The highest BCUT2D eigenvalue weighted by atomic mass is 35.5. The summed E-state index contributed by atoms with van der Waals surface area (Å²) in [5, 5.41) is 3.40. The molecule has 32 heavy (non-hydrogen) atoms. The molecule has 0 atom stereocenters. The normalized spacial score (nSPS) is 10.9. The predicted octanol–water partition coefficient (Wildman–Crippen LogP) is 5.65. The maximum atomic E-state index is 12.0. The van der Waals surface area contributed by atoms with Crippen LogP contribution in [0.15, 0.2) is 73.1 Å². The summed E-state index contributed by atoms with van der Waals surface area (Å²) in [6, 6.07) is 21.8. The SMILES string of the molecule is Nc1cc(Cl)cc2c1ncn2CCCCOC(=O)NCc1cccc(-c2ccccc2)c1. The Hall–Kier alpha value is -3.51. The maximum absolute atomic E-state index is 12.0. The lowest BCUT2D eigenvalue weighted by Crippen LogP contribution is -2.24. The van der Waals surface area contributed by atoms with E-state index in [0.29, 0.717) is 23.9 Å². The van der Waals surface area contributed by atoms with Crippen LogP contribution in [0.4, 0.5) is 10.5 Å². The molecular formula is C25H25ClN4O2. The molecule has 0 bridgehead atoms. The fraction of sp³-hybridized carbons (Fsp3) is 0.200. The van der Waals surface area contributed by atoms with Crippen LogP contribution in [0.2, 0.25) is 5.02 Å². The van der Waals surface area contributed by atoms with Gasteiger partial charge in [-0.15, -0.1) is 0 Å². The number of fused-ring (bicyclic) bond motifs is 1. The van der Waals surface area contributed by atoms with Gasteiger partial charge in [0.15, 0.2) is 0 Å². The molecule has 0 saturated heterocycles. The number of nitrogen functional groups attached to an aromatic ring is 1. The highest BCUT2D eigenvalue weighted by Gasteiger charge is 2.08. The molecular weight excluding hydrogens is 424 g/mol. The average molecular weight is 449 g/mol. The third-order valence-corrected chi connectivity index (χ3v) is 5.44. The molecule has 0 unspecified atom stereocenters. The summed E-state index contributed by atoms with van der Waals surface area (Å²) in [7, 11) is 0. The van der Waals surface area contributed by atoms with E-state index in [9.17, 15) is 4.79 Å². The van der Waals surface area contributed by atoms with Gasteiger partial charge in [-0.05, 0) is 47.7 Å². The van der Waals surface area contributed by atoms with Gasteiger partial charge in [0, 0.05) is 18.1 Å². The van der Waals surface area contributed by atoms with Gasteiger partial charge in [0.25, 0.3) is 0 Å². The molecule has 164 valence electrons. The average Bonchev–Trinajstić information content (AvgIpc) is 3.21. The molecule has 0 fully saturated rings. The number of hydrogen-bond acceptors (Lipinski definition) is 4. The van der Waals surface area contributed by atoms with E-state index in [2.05, 4.69) is 34.6 Å². The number of imidazole rings is 1. The third-order valence-electron chi connectivity index (χ3n) is 5.22. The van der Waals surface area contributed by atoms with E-state index in [1.807, 2.05) is 41.0 Å². The Bertz CT molecular complexity index is 1210. The third kappa shape index (κ3) is 5.39. The van der Waals surface area contributed by atoms with E-state index in [0.717, 1.165) is 47.1 Å². The number of anilines is 1. The van der Waals surface area contributed by atoms with Crippen LogP contribution in [0, 0.1) is 0 Å².